The van der Waals surface area contributed by atoms with Gasteiger partial charge < -0.3 is 14.0 Å². The van der Waals surface area contributed by atoms with Gasteiger partial charge in [0.25, 0.3) is 0 Å². The number of fused-ring (bicyclic) bond motifs is 7. The fourth-order valence-corrected chi connectivity index (χ4v) is 14.9. The summed E-state index contributed by atoms with van der Waals surface area (Å²) in [6.45, 7) is -0.345. The molecule has 5 heteroatoms. The van der Waals surface area contributed by atoms with Crippen LogP contribution in [-0.4, -0.2) is 19.6 Å². The molecule has 0 saturated carbocycles. The highest BCUT2D eigenvalue weighted by molar-refractivity contribution is 7.20. The molecule has 1 aromatic heterocycles. The summed E-state index contributed by atoms with van der Waals surface area (Å²) in [5, 5.41) is 7.85. The lowest BCUT2D eigenvalue weighted by molar-refractivity contribution is 0.479. The van der Waals surface area contributed by atoms with Gasteiger partial charge >= 0.3 is 6.92 Å². The van der Waals surface area contributed by atoms with Gasteiger partial charge in [0.2, 0.25) is 0 Å². The van der Waals surface area contributed by atoms with E-state index in [0.29, 0.717) is 0 Å². The van der Waals surface area contributed by atoms with Crippen molar-refractivity contribution in [2.24, 2.45) is 0 Å². The molecule has 0 radical (unpaired) electrons. The van der Waals surface area contributed by atoms with E-state index < -0.39 is 8.07 Å². The van der Waals surface area contributed by atoms with Crippen molar-refractivity contribution in [1.82, 2.24) is 4.57 Å². The van der Waals surface area contributed by atoms with E-state index in [2.05, 4.69) is 223 Å². The molecular formula is C54H36BNO2Si. The van der Waals surface area contributed by atoms with Crippen LogP contribution in [0.2, 0.25) is 0 Å². The number of aromatic nitrogens is 1. The number of hydrogen-bond acceptors (Lipinski definition) is 2. The van der Waals surface area contributed by atoms with Crippen LogP contribution in [0.1, 0.15) is 0 Å². The molecule has 2 aliphatic rings. The first-order valence-electron chi connectivity index (χ1n) is 20.3. The highest BCUT2D eigenvalue weighted by Gasteiger charge is 2.44. The van der Waals surface area contributed by atoms with Crippen LogP contribution in [0.3, 0.4) is 0 Å². The van der Waals surface area contributed by atoms with Crippen molar-refractivity contribution in [1.29, 1.82) is 0 Å². The van der Waals surface area contributed by atoms with Gasteiger partial charge in [0.15, 0.2) is 8.07 Å². The Balaban J connectivity index is 1.04. The van der Waals surface area contributed by atoms with E-state index in [9.17, 15) is 0 Å². The standard InChI is InChI=1S/C54H36BNO2Si/c1-4-17-39(18-5-1)59(40-19-6-2-7-20-40,41-21-8-3-9-22-41)53-30-15-12-23-42(53)37-31-33-45-46-26-16-29-51-54(46)55(58-52(45)35-37)47-36-38(32-34-50(47)57-51)56-48-27-13-10-24-43(48)44-25-11-14-28-49(44)56/h1-36H. The monoisotopic (exact) mass is 769 g/mol. The van der Waals surface area contributed by atoms with E-state index in [1.54, 1.807) is 0 Å². The minimum atomic E-state index is -2.82. The van der Waals surface area contributed by atoms with Gasteiger partial charge in [-0.2, -0.15) is 0 Å². The second-order valence-electron chi connectivity index (χ2n) is 15.5. The van der Waals surface area contributed by atoms with Crippen molar-refractivity contribution in [3.05, 3.63) is 218 Å². The lowest BCUT2D eigenvalue weighted by atomic mass is 9.51. The summed E-state index contributed by atoms with van der Waals surface area (Å²) in [7, 11) is -2.82. The molecule has 0 N–H and O–H groups in total. The smallest absolute Gasteiger partial charge is 0.434 e. The van der Waals surface area contributed by atoms with Crippen molar-refractivity contribution >= 4 is 68.5 Å². The lowest BCUT2D eigenvalue weighted by Gasteiger charge is -2.36. The Morgan fingerprint density at radius 3 is 1.64 bits per heavy atom. The van der Waals surface area contributed by atoms with Crippen LogP contribution in [0.25, 0.3) is 49.7 Å². The predicted molar refractivity (Wildman–Crippen MR) is 247 cm³/mol. The summed E-state index contributed by atoms with van der Waals surface area (Å²) >= 11 is 0. The molecule has 0 atom stereocenters. The summed E-state index contributed by atoms with van der Waals surface area (Å²) in [5.74, 6) is 2.53. The summed E-state index contributed by atoms with van der Waals surface area (Å²) in [6, 6.07) is 79.4. The molecule has 10 aromatic rings. The van der Waals surface area contributed by atoms with Crippen LogP contribution < -0.4 is 41.1 Å². The average Bonchev–Trinajstić information content (AvgIpc) is 3.65. The Morgan fingerprint density at radius 2 is 0.983 bits per heavy atom. The number of rotatable bonds is 6. The second kappa shape index (κ2) is 13.4. The number of ether oxygens (including phenoxy) is 1. The van der Waals surface area contributed by atoms with Crippen molar-refractivity contribution < 1.29 is 9.39 Å². The largest absolute Gasteiger partial charge is 0.551 e. The Kier molecular flexibility index (Phi) is 7.65. The van der Waals surface area contributed by atoms with Gasteiger partial charge in [0.1, 0.15) is 17.2 Å². The van der Waals surface area contributed by atoms with Crippen molar-refractivity contribution in [2.45, 2.75) is 0 Å². The molecule has 276 valence electrons. The molecule has 0 aliphatic carbocycles. The van der Waals surface area contributed by atoms with Crippen molar-refractivity contribution in [3.8, 4) is 45.2 Å². The Hall–Kier alpha value is -7.34. The lowest BCUT2D eigenvalue weighted by Crippen LogP contribution is -2.75. The highest BCUT2D eigenvalue weighted by Crippen LogP contribution is 2.41. The van der Waals surface area contributed by atoms with Gasteiger partial charge in [0.05, 0.1) is 11.0 Å². The fraction of sp³-hybridized carbons (Fsp3) is 0. The Morgan fingerprint density at radius 1 is 0.407 bits per heavy atom. The fourth-order valence-electron chi connectivity index (χ4n) is 9.94. The molecule has 0 bridgehead atoms. The SMILES string of the molecule is c1ccc([Si](c2ccccc2)(c2ccccc2)c2ccccc2-c2ccc3c(c2)OB2c4cc(-n5c6ccccc6c6ccccc65)ccc4Oc4cccc-3c42)cc1. The van der Waals surface area contributed by atoms with Crippen LogP contribution in [0.4, 0.5) is 0 Å². The second-order valence-corrected chi connectivity index (χ2v) is 19.3. The molecule has 0 amide bonds. The zero-order valence-electron chi connectivity index (χ0n) is 32.1. The molecule has 0 unspecified atom stereocenters. The summed E-state index contributed by atoms with van der Waals surface area (Å²) < 4.78 is 16.3. The molecule has 0 saturated heterocycles. The maximum atomic E-state index is 7.28. The third kappa shape index (κ3) is 5.08. The van der Waals surface area contributed by atoms with E-state index in [0.717, 1.165) is 50.6 Å². The first-order chi connectivity index (χ1) is 29.3. The van der Waals surface area contributed by atoms with Crippen LogP contribution in [0, 0.1) is 0 Å². The molecule has 0 fully saturated rings. The Bertz CT molecular complexity index is 3090. The van der Waals surface area contributed by atoms with Crippen molar-refractivity contribution in [2.75, 3.05) is 0 Å². The topological polar surface area (TPSA) is 23.4 Å². The summed E-state index contributed by atoms with van der Waals surface area (Å²) in [5.41, 5.74) is 10.1. The molecule has 59 heavy (non-hydrogen) atoms. The molecular weight excluding hydrogens is 733 g/mol. The van der Waals surface area contributed by atoms with E-state index in [1.807, 2.05) is 0 Å². The molecule has 12 rings (SSSR count). The Labute approximate surface area is 344 Å². The number of nitrogens with zero attached hydrogens (tertiary/aromatic N) is 1. The maximum Gasteiger partial charge on any atom is 0.434 e. The van der Waals surface area contributed by atoms with Crippen LogP contribution in [0.15, 0.2) is 218 Å². The van der Waals surface area contributed by atoms with Gasteiger partial charge in [-0.1, -0.05) is 176 Å². The van der Waals surface area contributed by atoms with Gasteiger partial charge in [-0.05, 0) is 79.9 Å². The van der Waals surface area contributed by atoms with Crippen LogP contribution in [0.5, 0.6) is 17.2 Å². The molecule has 3 heterocycles. The first-order valence-corrected chi connectivity index (χ1v) is 22.3. The zero-order chi connectivity index (χ0) is 38.9. The first kappa shape index (κ1) is 33.8. The quantitative estimate of drug-likeness (QED) is 0.125. The number of benzene rings is 9. The number of para-hydroxylation sites is 2. The average molecular weight is 770 g/mol. The van der Waals surface area contributed by atoms with E-state index in [-0.39, 0.29) is 6.92 Å². The van der Waals surface area contributed by atoms with E-state index >= 15 is 0 Å². The highest BCUT2D eigenvalue weighted by atomic mass is 28.3. The van der Waals surface area contributed by atoms with Gasteiger partial charge in [-0.25, -0.2) is 0 Å². The molecule has 3 nitrogen and oxygen atoms in total. The molecule has 9 aromatic carbocycles. The summed E-state index contributed by atoms with van der Waals surface area (Å²) in [6.07, 6.45) is 0. The molecule has 2 aliphatic heterocycles. The third-order valence-electron chi connectivity index (χ3n) is 12.4. The minimum absolute atomic E-state index is 0.345. The van der Waals surface area contributed by atoms with Crippen molar-refractivity contribution in [3.63, 3.8) is 0 Å². The van der Waals surface area contributed by atoms with Gasteiger partial charge in [0, 0.05) is 32.9 Å². The van der Waals surface area contributed by atoms with Gasteiger partial charge in [-0.3, -0.25) is 0 Å². The van der Waals surface area contributed by atoms with Crippen LogP contribution >= 0.6 is 0 Å². The maximum absolute atomic E-state index is 7.28. The number of hydrogen-bond donors (Lipinski definition) is 0. The van der Waals surface area contributed by atoms with Crippen LogP contribution in [-0.2, 0) is 0 Å². The zero-order valence-corrected chi connectivity index (χ0v) is 33.1. The molecule has 0 spiro atoms. The summed E-state index contributed by atoms with van der Waals surface area (Å²) in [4.78, 5) is 0. The van der Waals surface area contributed by atoms with Gasteiger partial charge in [-0.15, -0.1) is 0 Å². The predicted octanol–water partition coefficient (Wildman–Crippen LogP) is 9.10. The third-order valence-corrected chi connectivity index (χ3v) is 17.3. The van der Waals surface area contributed by atoms with E-state index in [4.69, 9.17) is 9.39 Å². The van der Waals surface area contributed by atoms with E-state index in [1.165, 1.54) is 48.1 Å². The minimum Gasteiger partial charge on any atom is -0.551 e. The normalized spacial score (nSPS) is 12.6.